The van der Waals surface area contributed by atoms with Gasteiger partial charge in [0.2, 0.25) is 0 Å². The quantitative estimate of drug-likeness (QED) is 0.793. The standard InChI is InChI=1S/C13H23NOS/c15-13(3-5-16-6-4-13)9-14-12-8-10-1-2-11(12)7-10/h10-12,14-15H,1-9H2. The largest absolute Gasteiger partial charge is 0.389 e. The average Bonchev–Trinajstić information content (AvgIpc) is 2.89. The van der Waals surface area contributed by atoms with E-state index < -0.39 is 5.60 Å². The monoisotopic (exact) mass is 241 g/mol. The van der Waals surface area contributed by atoms with Gasteiger partial charge >= 0.3 is 0 Å². The summed E-state index contributed by atoms with van der Waals surface area (Å²) in [5.74, 6) is 4.19. The van der Waals surface area contributed by atoms with E-state index in [1.807, 2.05) is 11.8 Å². The van der Waals surface area contributed by atoms with Gasteiger partial charge in [-0.05, 0) is 55.4 Å². The third-order valence-electron chi connectivity index (χ3n) is 4.85. The molecule has 0 aromatic heterocycles. The summed E-state index contributed by atoms with van der Waals surface area (Å²) in [4.78, 5) is 0. The minimum absolute atomic E-state index is 0.396. The van der Waals surface area contributed by atoms with Crippen molar-refractivity contribution in [3.05, 3.63) is 0 Å². The van der Waals surface area contributed by atoms with E-state index in [0.717, 1.165) is 48.8 Å². The van der Waals surface area contributed by atoms with Crippen LogP contribution in [0.5, 0.6) is 0 Å². The van der Waals surface area contributed by atoms with Crippen molar-refractivity contribution in [2.45, 2.75) is 50.2 Å². The van der Waals surface area contributed by atoms with Crippen molar-refractivity contribution in [2.75, 3.05) is 18.1 Å². The molecule has 2 nitrogen and oxygen atoms in total. The molecule has 3 heteroatoms. The van der Waals surface area contributed by atoms with Gasteiger partial charge in [0.05, 0.1) is 5.60 Å². The van der Waals surface area contributed by atoms with E-state index in [4.69, 9.17) is 0 Å². The minimum atomic E-state index is -0.396. The second-order valence-electron chi connectivity index (χ2n) is 6.00. The average molecular weight is 241 g/mol. The van der Waals surface area contributed by atoms with Crippen molar-refractivity contribution >= 4 is 11.8 Å². The molecule has 3 unspecified atom stereocenters. The van der Waals surface area contributed by atoms with Crippen molar-refractivity contribution < 1.29 is 5.11 Å². The highest BCUT2D eigenvalue weighted by atomic mass is 32.2. The maximum absolute atomic E-state index is 10.4. The zero-order valence-corrected chi connectivity index (χ0v) is 10.8. The number of nitrogens with one attached hydrogen (secondary N) is 1. The van der Waals surface area contributed by atoms with Crippen LogP contribution < -0.4 is 5.32 Å². The second-order valence-corrected chi connectivity index (χ2v) is 7.22. The molecule has 2 saturated carbocycles. The van der Waals surface area contributed by atoms with Gasteiger partial charge in [0.1, 0.15) is 0 Å². The maximum Gasteiger partial charge on any atom is 0.0787 e. The van der Waals surface area contributed by atoms with Gasteiger partial charge in [-0.3, -0.25) is 0 Å². The third-order valence-corrected chi connectivity index (χ3v) is 5.84. The van der Waals surface area contributed by atoms with E-state index in [1.54, 1.807) is 0 Å². The molecule has 2 bridgehead atoms. The molecule has 1 heterocycles. The van der Waals surface area contributed by atoms with Gasteiger partial charge in [-0.25, -0.2) is 0 Å². The lowest BCUT2D eigenvalue weighted by Crippen LogP contribution is -2.47. The van der Waals surface area contributed by atoms with E-state index in [2.05, 4.69) is 5.32 Å². The van der Waals surface area contributed by atoms with Crippen LogP contribution in [0, 0.1) is 11.8 Å². The minimum Gasteiger partial charge on any atom is -0.389 e. The Morgan fingerprint density at radius 3 is 2.62 bits per heavy atom. The Hall–Kier alpha value is 0.270. The lowest BCUT2D eigenvalue weighted by atomic mass is 9.92. The molecular weight excluding hydrogens is 218 g/mol. The molecule has 2 aliphatic carbocycles. The van der Waals surface area contributed by atoms with E-state index in [0.29, 0.717) is 0 Å². The summed E-state index contributed by atoms with van der Waals surface area (Å²) >= 11 is 1.98. The molecule has 0 aromatic rings. The van der Waals surface area contributed by atoms with E-state index in [9.17, 15) is 5.11 Å². The fourth-order valence-corrected chi connectivity index (χ4v) is 5.00. The molecule has 3 atom stereocenters. The van der Waals surface area contributed by atoms with Crippen molar-refractivity contribution in [2.24, 2.45) is 11.8 Å². The fraction of sp³-hybridized carbons (Fsp3) is 1.00. The Morgan fingerprint density at radius 1 is 1.19 bits per heavy atom. The van der Waals surface area contributed by atoms with Gasteiger partial charge in [-0.2, -0.15) is 11.8 Å². The molecular formula is C13H23NOS. The molecule has 3 rings (SSSR count). The van der Waals surface area contributed by atoms with Gasteiger partial charge in [-0.15, -0.1) is 0 Å². The van der Waals surface area contributed by atoms with E-state index in [-0.39, 0.29) is 0 Å². The van der Waals surface area contributed by atoms with Crippen LogP contribution in [0.4, 0.5) is 0 Å². The Bertz CT molecular complexity index is 252. The van der Waals surface area contributed by atoms with Crippen LogP contribution in [0.25, 0.3) is 0 Å². The van der Waals surface area contributed by atoms with Gasteiger partial charge in [0.15, 0.2) is 0 Å². The maximum atomic E-state index is 10.4. The summed E-state index contributed by atoms with van der Waals surface area (Å²) in [6, 6.07) is 0.720. The van der Waals surface area contributed by atoms with Crippen LogP contribution in [0.1, 0.15) is 38.5 Å². The molecule has 1 aliphatic heterocycles. The van der Waals surface area contributed by atoms with Crippen LogP contribution >= 0.6 is 11.8 Å². The van der Waals surface area contributed by atoms with Crippen LogP contribution in [0.3, 0.4) is 0 Å². The molecule has 0 aromatic carbocycles. The predicted octanol–water partition coefficient (Wildman–Crippen LogP) is 2.02. The zero-order chi connectivity index (χ0) is 11.0. The van der Waals surface area contributed by atoms with Crippen LogP contribution in [0.15, 0.2) is 0 Å². The van der Waals surface area contributed by atoms with Gasteiger partial charge in [-0.1, -0.05) is 6.42 Å². The number of rotatable bonds is 3. The highest BCUT2D eigenvalue weighted by molar-refractivity contribution is 7.99. The molecule has 3 aliphatic rings. The smallest absolute Gasteiger partial charge is 0.0787 e. The number of aliphatic hydroxyl groups is 1. The lowest BCUT2D eigenvalue weighted by molar-refractivity contribution is 0.0277. The highest BCUT2D eigenvalue weighted by Crippen LogP contribution is 2.44. The zero-order valence-electron chi connectivity index (χ0n) is 9.95. The summed E-state index contributed by atoms with van der Waals surface area (Å²) in [6.07, 6.45) is 7.67. The van der Waals surface area contributed by atoms with Gasteiger partial charge in [0, 0.05) is 12.6 Å². The fourth-order valence-electron chi connectivity index (χ4n) is 3.74. The summed E-state index contributed by atoms with van der Waals surface area (Å²) in [5.41, 5.74) is -0.396. The second kappa shape index (κ2) is 4.51. The molecule has 2 N–H and O–H groups in total. The summed E-state index contributed by atoms with van der Waals surface area (Å²) < 4.78 is 0. The summed E-state index contributed by atoms with van der Waals surface area (Å²) in [7, 11) is 0. The van der Waals surface area contributed by atoms with E-state index in [1.165, 1.54) is 25.7 Å². The van der Waals surface area contributed by atoms with E-state index >= 15 is 0 Å². The van der Waals surface area contributed by atoms with Crippen molar-refractivity contribution in [1.29, 1.82) is 0 Å². The SMILES string of the molecule is OC1(CNC2CC3CCC2C3)CCSCC1. The first-order chi connectivity index (χ1) is 7.75. The number of fused-ring (bicyclic) bond motifs is 2. The van der Waals surface area contributed by atoms with Crippen molar-refractivity contribution in [3.63, 3.8) is 0 Å². The van der Waals surface area contributed by atoms with Crippen LogP contribution in [-0.4, -0.2) is 34.8 Å². The molecule has 0 radical (unpaired) electrons. The first-order valence-corrected chi connectivity index (χ1v) is 7.94. The number of thioether (sulfide) groups is 1. The van der Waals surface area contributed by atoms with Crippen molar-refractivity contribution in [3.8, 4) is 0 Å². The topological polar surface area (TPSA) is 32.3 Å². The molecule has 3 fully saturated rings. The summed E-state index contributed by atoms with van der Waals surface area (Å²) in [6.45, 7) is 0.835. The van der Waals surface area contributed by atoms with Gasteiger partial charge < -0.3 is 10.4 Å². The van der Waals surface area contributed by atoms with Gasteiger partial charge in [0.25, 0.3) is 0 Å². The molecule has 16 heavy (non-hydrogen) atoms. The lowest BCUT2D eigenvalue weighted by Gasteiger charge is -2.34. The highest BCUT2D eigenvalue weighted by Gasteiger charge is 2.40. The Kier molecular flexibility index (Phi) is 3.20. The molecule has 0 spiro atoms. The first kappa shape index (κ1) is 11.4. The normalized spacial score (nSPS) is 41.4. The van der Waals surface area contributed by atoms with Crippen molar-refractivity contribution in [1.82, 2.24) is 5.32 Å². The third kappa shape index (κ3) is 2.27. The summed E-state index contributed by atoms with van der Waals surface area (Å²) in [5, 5.41) is 14.1. The molecule has 1 saturated heterocycles. The van der Waals surface area contributed by atoms with Crippen LogP contribution in [-0.2, 0) is 0 Å². The Morgan fingerprint density at radius 2 is 2.00 bits per heavy atom. The predicted molar refractivity (Wildman–Crippen MR) is 68.7 cm³/mol. The first-order valence-electron chi connectivity index (χ1n) is 6.79. The Balaban J connectivity index is 1.49. The Labute approximate surface area is 103 Å². The molecule has 0 amide bonds. The molecule has 92 valence electrons. The number of hydrogen-bond donors (Lipinski definition) is 2. The van der Waals surface area contributed by atoms with Crippen LogP contribution in [0.2, 0.25) is 0 Å². The number of hydrogen-bond acceptors (Lipinski definition) is 3.